The third-order valence-electron chi connectivity index (χ3n) is 2.36. The fourth-order valence-corrected chi connectivity index (χ4v) is 1.86. The minimum Gasteiger partial charge on any atom is -0.306 e. The molecule has 4 nitrogen and oxygen atoms in total. The number of nitrogens with zero attached hydrogens (tertiary/aromatic N) is 3. The largest absolute Gasteiger partial charge is 0.306 e. The van der Waals surface area contributed by atoms with Crippen molar-refractivity contribution in [1.82, 2.24) is 20.1 Å². The fourth-order valence-electron chi connectivity index (χ4n) is 1.43. The minimum atomic E-state index is 0.720. The van der Waals surface area contributed by atoms with Gasteiger partial charge in [-0.05, 0) is 11.6 Å². The average Bonchev–Trinajstić information content (AvgIpc) is 2.67. The van der Waals surface area contributed by atoms with Crippen molar-refractivity contribution in [1.29, 1.82) is 0 Å². The number of rotatable bonds is 4. The van der Waals surface area contributed by atoms with Crippen LogP contribution in [0.3, 0.4) is 0 Å². The lowest BCUT2D eigenvalue weighted by Gasteiger charge is -2.06. The first-order valence-electron chi connectivity index (χ1n) is 5.04. The lowest BCUT2D eigenvalue weighted by molar-refractivity contribution is 0.613. The number of aryl methyl sites for hydroxylation is 1. The molecule has 1 aromatic heterocycles. The van der Waals surface area contributed by atoms with Crippen LogP contribution in [-0.4, -0.2) is 14.8 Å². The van der Waals surface area contributed by atoms with E-state index in [9.17, 15) is 0 Å². The van der Waals surface area contributed by atoms with E-state index in [1.165, 1.54) is 5.56 Å². The molecule has 0 saturated carbocycles. The molecular weight excluding hydrogens is 268 g/mol. The van der Waals surface area contributed by atoms with Gasteiger partial charge in [0.05, 0.1) is 6.54 Å². The summed E-state index contributed by atoms with van der Waals surface area (Å²) in [7, 11) is 1.89. The van der Waals surface area contributed by atoms with Gasteiger partial charge in [0.1, 0.15) is 12.2 Å². The molecule has 0 aliphatic carbocycles. The summed E-state index contributed by atoms with van der Waals surface area (Å²) in [5, 5.41) is 7.35. The maximum atomic E-state index is 4.15. The van der Waals surface area contributed by atoms with Gasteiger partial charge in [0, 0.05) is 18.1 Å². The Labute approximate surface area is 103 Å². The normalized spacial score (nSPS) is 10.6. The zero-order valence-corrected chi connectivity index (χ0v) is 10.6. The molecule has 0 aliphatic heterocycles. The third-order valence-corrected chi connectivity index (χ3v) is 3.14. The van der Waals surface area contributed by atoms with Crippen molar-refractivity contribution in [2.75, 3.05) is 0 Å². The summed E-state index contributed by atoms with van der Waals surface area (Å²) in [5.41, 5.74) is 1.24. The molecule has 0 amide bonds. The molecule has 0 saturated heterocycles. The summed E-state index contributed by atoms with van der Waals surface area (Å²) in [6, 6.07) is 8.17. The zero-order chi connectivity index (χ0) is 11.4. The van der Waals surface area contributed by atoms with Gasteiger partial charge in [-0.2, -0.15) is 5.10 Å². The highest BCUT2D eigenvalue weighted by Crippen LogP contribution is 2.15. The Balaban J connectivity index is 1.89. The van der Waals surface area contributed by atoms with E-state index in [4.69, 9.17) is 0 Å². The molecule has 0 atom stereocenters. The highest BCUT2D eigenvalue weighted by atomic mass is 79.9. The zero-order valence-electron chi connectivity index (χ0n) is 9.02. The van der Waals surface area contributed by atoms with Crippen LogP contribution in [-0.2, 0) is 20.1 Å². The summed E-state index contributed by atoms with van der Waals surface area (Å²) in [5.74, 6) is 0.937. The molecule has 84 valence electrons. The van der Waals surface area contributed by atoms with Crippen molar-refractivity contribution in [3.63, 3.8) is 0 Å². The van der Waals surface area contributed by atoms with E-state index in [0.29, 0.717) is 0 Å². The highest BCUT2D eigenvalue weighted by Gasteiger charge is 2.01. The van der Waals surface area contributed by atoms with Gasteiger partial charge in [-0.15, -0.1) is 0 Å². The van der Waals surface area contributed by atoms with Gasteiger partial charge in [-0.1, -0.05) is 34.1 Å². The number of halogens is 1. The van der Waals surface area contributed by atoms with E-state index in [-0.39, 0.29) is 0 Å². The molecule has 1 heterocycles. The molecule has 0 aliphatic rings. The maximum absolute atomic E-state index is 4.15. The second-order valence-electron chi connectivity index (χ2n) is 3.49. The van der Waals surface area contributed by atoms with Gasteiger partial charge in [0.25, 0.3) is 0 Å². The summed E-state index contributed by atoms with van der Waals surface area (Å²) >= 11 is 3.52. The maximum Gasteiger partial charge on any atom is 0.140 e. The molecule has 2 rings (SSSR count). The van der Waals surface area contributed by atoms with Crippen LogP contribution in [0.5, 0.6) is 0 Å². The molecule has 0 fully saturated rings. The molecule has 0 bridgehead atoms. The number of hydrogen-bond acceptors (Lipinski definition) is 3. The summed E-state index contributed by atoms with van der Waals surface area (Å²) in [4.78, 5) is 4.15. The SMILES string of the molecule is Cn1ncnc1CNCc1ccccc1Br. The smallest absolute Gasteiger partial charge is 0.140 e. The lowest BCUT2D eigenvalue weighted by atomic mass is 10.2. The van der Waals surface area contributed by atoms with Gasteiger partial charge in [-0.3, -0.25) is 4.68 Å². The average molecular weight is 281 g/mol. The van der Waals surface area contributed by atoms with Crippen molar-refractivity contribution in [2.45, 2.75) is 13.1 Å². The number of aromatic nitrogens is 3. The quantitative estimate of drug-likeness (QED) is 0.930. The molecule has 0 radical (unpaired) electrons. The minimum absolute atomic E-state index is 0.720. The van der Waals surface area contributed by atoms with Crippen molar-refractivity contribution < 1.29 is 0 Å². The predicted octanol–water partition coefficient (Wildman–Crippen LogP) is 1.87. The van der Waals surface area contributed by atoms with Gasteiger partial charge < -0.3 is 5.32 Å². The van der Waals surface area contributed by atoms with Crippen LogP contribution in [0.25, 0.3) is 0 Å². The number of benzene rings is 1. The molecule has 16 heavy (non-hydrogen) atoms. The number of hydrogen-bond donors (Lipinski definition) is 1. The van der Waals surface area contributed by atoms with Crippen LogP contribution in [0.2, 0.25) is 0 Å². The van der Waals surface area contributed by atoms with Gasteiger partial charge in [0.2, 0.25) is 0 Å². The van der Waals surface area contributed by atoms with Crippen molar-refractivity contribution in [2.24, 2.45) is 7.05 Å². The molecule has 0 spiro atoms. The second kappa shape index (κ2) is 5.23. The van der Waals surface area contributed by atoms with E-state index in [2.05, 4.69) is 37.4 Å². The first-order valence-corrected chi connectivity index (χ1v) is 5.83. The Morgan fingerprint density at radius 3 is 2.81 bits per heavy atom. The molecule has 2 aromatic rings. The van der Waals surface area contributed by atoms with E-state index in [1.807, 2.05) is 25.2 Å². The highest BCUT2D eigenvalue weighted by molar-refractivity contribution is 9.10. The Kier molecular flexibility index (Phi) is 3.69. The van der Waals surface area contributed by atoms with Crippen LogP contribution in [0.1, 0.15) is 11.4 Å². The van der Waals surface area contributed by atoms with Gasteiger partial charge in [0.15, 0.2) is 0 Å². The second-order valence-corrected chi connectivity index (χ2v) is 4.35. The first kappa shape index (κ1) is 11.3. The summed E-state index contributed by atoms with van der Waals surface area (Å²) in [6.07, 6.45) is 1.56. The Hall–Kier alpha value is -1.20. The Morgan fingerprint density at radius 2 is 2.12 bits per heavy atom. The van der Waals surface area contributed by atoms with Crippen LogP contribution in [0.15, 0.2) is 35.1 Å². The molecule has 1 N–H and O–H groups in total. The summed E-state index contributed by atoms with van der Waals surface area (Å²) < 4.78 is 2.90. The number of nitrogens with one attached hydrogen (secondary N) is 1. The Morgan fingerprint density at radius 1 is 1.31 bits per heavy atom. The van der Waals surface area contributed by atoms with Gasteiger partial charge in [-0.25, -0.2) is 4.98 Å². The first-order chi connectivity index (χ1) is 7.77. The van der Waals surface area contributed by atoms with Crippen LogP contribution in [0.4, 0.5) is 0 Å². The lowest BCUT2D eigenvalue weighted by Crippen LogP contribution is -2.16. The van der Waals surface area contributed by atoms with Crippen molar-refractivity contribution in [3.8, 4) is 0 Å². The van der Waals surface area contributed by atoms with Crippen LogP contribution >= 0.6 is 15.9 Å². The Bertz CT molecular complexity index is 467. The van der Waals surface area contributed by atoms with E-state index >= 15 is 0 Å². The predicted molar refractivity (Wildman–Crippen MR) is 65.7 cm³/mol. The molecule has 1 aromatic carbocycles. The van der Waals surface area contributed by atoms with Gasteiger partial charge >= 0.3 is 0 Å². The monoisotopic (exact) mass is 280 g/mol. The van der Waals surface area contributed by atoms with E-state index < -0.39 is 0 Å². The molecule has 0 unspecified atom stereocenters. The standard InChI is InChI=1S/C11H13BrN4/c1-16-11(14-8-15-16)7-13-6-9-4-2-3-5-10(9)12/h2-5,8,13H,6-7H2,1H3. The van der Waals surface area contributed by atoms with Crippen molar-refractivity contribution in [3.05, 3.63) is 46.5 Å². The molecular formula is C11H13BrN4. The third kappa shape index (κ3) is 2.68. The van der Waals surface area contributed by atoms with E-state index in [1.54, 1.807) is 11.0 Å². The molecule has 5 heteroatoms. The fraction of sp³-hybridized carbons (Fsp3) is 0.273. The van der Waals surface area contributed by atoms with Crippen LogP contribution in [0, 0.1) is 0 Å². The van der Waals surface area contributed by atoms with Crippen molar-refractivity contribution >= 4 is 15.9 Å². The van der Waals surface area contributed by atoms with Crippen LogP contribution < -0.4 is 5.32 Å². The van der Waals surface area contributed by atoms with E-state index in [0.717, 1.165) is 23.4 Å². The topological polar surface area (TPSA) is 42.7 Å². The summed E-state index contributed by atoms with van der Waals surface area (Å²) in [6.45, 7) is 1.53.